The highest BCUT2D eigenvalue weighted by molar-refractivity contribution is 5.86. The van der Waals surface area contributed by atoms with Crippen LogP contribution in [0.1, 0.15) is 25.6 Å². The number of nitrogens with one attached hydrogen (secondary N) is 1. The number of carbonyl (C=O) groups is 1. The van der Waals surface area contributed by atoms with Gasteiger partial charge in [0.25, 0.3) is 0 Å². The van der Waals surface area contributed by atoms with E-state index < -0.39 is 5.97 Å². The Hall–Kier alpha value is -3.38. The molecule has 1 atom stereocenters. The Labute approximate surface area is 149 Å². The third-order valence-corrected chi connectivity index (χ3v) is 3.90. The van der Waals surface area contributed by atoms with Crippen LogP contribution in [0.25, 0.3) is 16.6 Å². The second-order valence-corrected chi connectivity index (χ2v) is 5.57. The summed E-state index contributed by atoms with van der Waals surface area (Å²) in [6, 6.07) is 5.66. The van der Waals surface area contributed by atoms with Crippen LogP contribution in [-0.4, -0.2) is 43.6 Å². The largest absolute Gasteiger partial charge is 0.480 e. The van der Waals surface area contributed by atoms with Crippen LogP contribution in [-0.2, 0) is 9.53 Å². The van der Waals surface area contributed by atoms with Crippen molar-refractivity contribution < 1.29 is 14.6 Å². The number of rotatable bonds is 7. The number of nitrogens with zero attached hydrogens (tertiary/aromatic N) is 5. The van der Waals surface area contributed by atoms with Gasteiger partial charge in [-0.15, -0.1) is 0 Å². The highest BCUT2D eigenvalue weighted by atomic mass is 16.5. The molecule has 3 aromatic rings. The first-order chi connectivity index (χ1) is 12.5. The van der Waals surface area contributed by atoms with E-state index in [-0.39, 0.29) is 12.8 Å². The second kappa shape index (κ2) is 7.25. The molecule has 0 aliphatic carbocycles. The van der Waals surface area contributed by atoms with Crippen molar-refractivity contribution >= 4 is 17.3 Å². The van der Waals surface area contributed by atoms with Crippen molar-refractivity contribution in [1.29, 1.82) is 5.26 Å². The summed E-state index contributed by atoms with van der Waals surface area (Å²) in [5.74, 6) is -0.441. The van der Waals surface area contributed by atoms with Crippen molar-refractivity contribution in [2.24, 2.45) is 0 Å². The molecule has 0 fully saturated rings. The standard InChI is InChI=1S/C17H18N6O3/c1-3-26-11(2)22-10-13(8-20-22)17-12(6-18)7-21-23-14(17)4-5-15(23)19-9-16(24)25/h4-5,7-8,10-11,19H,3,9H2,1-2H3,(H,24,25). The number of fused-ring (bicyclic) bond motifs is 1. The molecule has 134 valence electrons. The molecule has 0 saturated carbocycles. The third kappa shape index (κ3) is 3.22. The summed E-state index contributed by atoms with van der Waals surface area (Å²) >= 11 is 0. The van der Waals surface area contributed by atoms with E-state index >= 15 is 0 Å². The van der Waals surface area contributed by atoms with Crippen LogP contribution in [0.4, 0.5) is 5.82 Å². The predicted octanol–water partition coefficient (Wildman–Crippen LogP) is 2.12. The molecule has 0 amide bonds. The Morgan fingerprint density at radius 1 is 1.42 bits per heavy atom. The number of hydrogen-bond acceptors (Lipinski definition) is 6. The van der Waals surface area contributed by atoms with Gasteiger partial charge in [0.2, 0.25) is 0 Å². The zero-order chi connectivity index (χ0) is 18.7. The minimum Gasteiger partial charge on any atom is -0.480 e. The lowest BCUT2D eigenvalue weighted by atomic mass is 10.1. The number of ether oxygens (including phenoxy) is 1. The van der Waals surface area contributed by atoms with Crippen LogP contribution in [0, 0.1) is 11.3 Å². The normalized spacial score (nSPS) is 12.0. The summed E-state index contributed by atoms with van der Waals surface area (Å²) in [4.78, 5) is 10.8. The van der Waals surface area contributed by atoms with E-state index in [0.29, 0.717) is 29.1 Å². The van der Waals surface area contributed by atoms with Crippen LogP contribution in [0.2, 0.25) is 0 Å². The van der Waals surface area contributed by atoms with Gasteiger partial charge in [0.05, 0.1) is 23.5 Å². The Bertz CT molecular complexity index is 984. The highest BCUT2D eigenvalue weighted by Crippen LogP contribution is 2.30. The van der Waals surface area contributed by atoms with Gasteiger partial charge in [-0.3, -0.25) is 4.79 Å². The first-order valence-corrected chi connectivity index (χ1v) is 8.07. The van der Waals surface area contributed by atoms with E-state index in [2.05, 4.69) is 21.6 Å². The lowest BCUT2D eigenvalue weighted by Gasteiger charge is -2.11. The summed E-state index contributed by atoms with van der Waals surface area (Å²) in [6.07, 6.45) is 4.71. The molecule has 9 heteroatoms. The number of anilines is 1. The maximum absolute atomic E-state index is 10.8. The molecule has 1 unspecified atom stereocenters. The van der Waals surface area contributed by atoms with Crippen LogP contribution >= 0.6 is 0 Å². The Balaban J connectivity index is 2.07. The fourth-order valence-electron chi connectivity index (χ4n) is 2.73. The number of aromatic nitrogens is 4. The van der Waals surface area contributed by atoms with Crippen molar-refractivity contribution in [3.8, 4) is 17.2 Å². The molecular weight excluding hydrogens is 336 g/mol. The Kier molecular flexibility index (Phi) is 4.86. The van der Waals surface area contributed by atoms with Crippen molar-refractivity contribution in [2.75, 3.05) is 18.5 Å². The van der Waals surface area contributed by atoms with Gasteiger partial charge in [0.15, 0.2) is 0 Å². The summed E-state index contributed by atoms with van der Waals surface area (Å²) in [5.41, 5.74) is 2.52. The van der Waals surface area contributed by atoms with Crippen molar-refractivity contribution in [3.05, 3.63) is 36.3 Å². The molecule has 0 bridgehead atoms. The zero-order valence-corrected chi connectivity index (χ0v) is 14.4. The summed E-state index contributed by atoms with van der Waals surface area (Å²) in [6.45, 7) is 4.13. The maximum atomic E-state index is 10.8. The summed E-state index contributed by atoms with van der Waals surface area (Å²) in [7, 11) is 0. The molecule has 3 aromatic heterocycles. The molecule has 0 aliphatic heterocycles. The number of hydrogen-bond donors (Lipinski definition) is 2. The Morgan fingerprint density at radius 3 is 2.92 bits per heavy atom. The van der Waals surface area contributed by atoms with Gasteiger partial charge in [-0.1, -0.05) is 0 Å². The minimum atomic E-state index is -0.972. The van der Waals surface area contributed by atoms with E-state index in [1.54, 1.807) is 27.5 Å². The number of carboxylic acids is 1. The quantitative estimate of drug-likeness (QED) is 0.667. The number of nitriles is 1. The monoisotopic (exact) mass is 354 g/mol. The van der Waals surface area contributed by atoms with Gasteiger partial charge in [-0.2, -0.15) is 15.5 Å². The molecular formula is C17H18N6O3. The van der Waals surface area contributed by atoms with Crippen molar-refractivity contribution in [3.63, 3.8) is 0 Å². The fraction of sp³-hybridized carbons (Fsp3) is 0.294. The molecule has 0 radical (unpaired) electrons. The van der Waals surface area contributed by atoms with Gasteiger partial charge in [-0.05, 0) is 26.0 Å². The molecule has 0 aliphatic rings. The average molecular weight is 354 g/mol. The van der Waals surface area contributed by atoms with Gasteiger partial charge in [-0.25, -0.2) is 9.20 Å². The van der Waals surface area contributed by atoms with E-state index in [4.69, 9.17) is 9.84 Å². The molecule has 0 spiro atoms. The first-order valence-electron chi connectivity index (χ1n) is 8.07. The molecule has 9 nitrogen and oxygen atoms in total. The van der Waals surface area contributed by atoms with Crippen LogP contribution < -0.4 is 5.32 Å². The summed E-state index contributed by atoms with van der Waals surface area (Å²) in [5, 5.41) is 29.7. The van der Waals surface area contributed by atoms with Gasteiger partial charge in [0, 0.05) is 23.9 Å². The third-order valence-electron chi connectivity index (χ3n) is 3.90. The SMILES string of the molecule is CCOC(C)n1cc(-c2c(C#N)cnn3c(NCC(=O)O)ccc23)cn1. The summed E-state index contributed by atoms with van der Waals surface area (Å²) < 4.78 is 8.79. The topological polar surface area (TPSA) is 117 Å². The molecule has 0 saturated heterocycles. The first kappa shape index (κ1) is 17.4. The van der Waals surface area contributed by atoms with E-state index in [9.17, 15) is 10.1 Å². The lowest BCUT2D eigenvalue weighted by Crippen LogP contribution is -2.14. The lowest BCUT2D eigenvalue weighted by molar-refractivity contribution is -0.134. The van der Waals surface area contributed by atoms with E-state index in [1.165, 1.54) is 6.20 Å². The highest BCUT2D eigenvalue weighted by Gasteiger charge is 2.17. The molecule has 3 rings (SSSR count). The average Bonchev–Trinajstić information content (AvgIpc) is 3.26. The molecule has 3 heterocycles. The maximum Gasteiger partial charge on any atom is 0.322 e. The second-order valence-electron chi connectivity index (χ2n) is 5.57. The van der Waals surface area contributed by atoms with E-state index in [1.807, 2.05) is 20.0 Å². The van der Waals surface area contributed by atoms with Crippen LogP contribution in [0.15, 0.2) is 30.7 Å². The van der Waals surface area contributed by atoms with E-state index in [0.717, 1.165) is 5.56 Å². The van der Waals surface area contributed by atoms with Gasteiger partial charge >= 0.3 is 5.97 Å². The van der Waals surface area contributed by atoms with Gasteiger partial charge in [0.1, 0.15) is 24.7 Å². The number of carboxylic acid groups (broad SMARTS) is 1. The van der Waals surface area contributed by atoms with Crippen molar-refractivity contribution in [1.82, 2.24) is 19.4 Å². The molecule has 2 N–H and O–H groups in total. The minimum absolute atomic E-state index is 0.225. The van der Waals surface area contributed by atoms with Crippen LogP contribution in [0.5, 0.6) is 0 Å². The number of aliphatic carboxylic acids is 1. The Morgan fingerprint density at radius 2 is 2.23 bits per heavy atom. The zero-order valence-electron chi connectivity index (χ0n) is 14.4. The predicted molar refractivity (Wildman–Crippen MR) is 93.6 cm³/mol. The van der Waals surface area contributed by atoms with Gasteiger partial charge < -0.3 is 15.2 Å². The molecule has 0 aromatic carbocycles. The molecule has 26 heavy (non-hydrogen) atoms. The smallest absolute Gasteiger partial charge is 0.322 e. The van der Waals surface area contributed by atoms with Crippen molar-refractivity contribution in [2.45, 2.75) is 20.1 Å². The fourth-order valence-corrected chi connectivity index (χ4v) is 2.73. The van der Waals surface area contributed by atoms with Crippen LogP contribution in [0.3, 0.4) is 0 Å².